The average Bonchev–Trinajstić information content (AvgIpc) is 2.42. The number of hydrogen-bond acceptors (Lipinski definition) is 3. The molecule has 0 amide bonds. The quantitative estimate of drug-likeness (QED) is 0.568. The summed E-state index contributed by atoms with van der Waals surface area (Å²) < 4.78 is 1.54. The predicted molar refractivity (Wildman–Crippen MR) is 58.2 cm³/mol. The predicted octanol–water partition coefficient (Wildman–Crippen LogP) is 1.41. The van der Waals surface area contributed by atoms with Gasteiger partial charge in [0.05, 0.1) is 5.69 Å². The zero-order valence-electron chi connectivity index (χ0n) is 8.95. The number of carboxylic acids is 1. The van der Waals surface area contributed by atoms with E-state index in [2.05, 4.69) is 17.0 Å². The third kappa shape index (κ3) is 2.37. The maximum absolute atomic E-state index is 11.0. The number of anilines is 1. The van der Waals surface area contributed by atoms with E-state index in [-0.39, 0.29) is 5.56 Å². The number of hydrogen-bond donors (Lipinski definition) is 2. The number of carboxylic acid groups (broad SMARTS) is 1. The molecule has 0 aliphatic carbocycles. The van der Waals surface area contributed by atoms with Gasteiger partial charge in [0.25, 0.3) is 0 Å². The maximum Gasteiger partial charge on any atom is 0.341 e. The Morgan fingerprint density at radius 3 is 2.93 bits per heavy atom. The minimum Gasteiger partial charge on any atom is -0.477 e. The van der Waals surface area contributed by atoms with Crippen LogP contribution >= 0.6 is 0 Å². The van der Waals surface area contributed by atoms with E-state index in [4.69, 9.17) is 5.11 Å². The van der Waals surface area contributed by atoms with Gasteiger partial charge in [0.2, 0.25) is 0 Å². The van der Waals surface area contributed by atoms with Crippen molar-refractivity contribution in [1.82, 2.24) is 9.78 Å². The molecule has 5 heteroatoms. The smallest absolute Gasteiger partial charge is 0.341 e. The zero-order chi connectivity index (χ0) is 11.4. The van der Waals surface area contributed by atoms with Gasteiger partial charge in [-0.2, -0.15) is 5.10 Å². The lowest BCUT2D eigenvalue weighted by Crippen LogP contribution is -2.09. The topological polar surface area (TPSA) is 67.2 Å². The Kier molecular flexibility index (Phi) is 3.49. The maximum atomic E-state index is 11.0. The minimum atomic E-state index is -0.957. The van der Waals surface area contributed by atoms with Gasteiger partial charge < -0.3 is 10.4 Å². The Balaban J connectivity index is 2.93. The number of aromatic nitrogens is 2. The van der Waals surface area contributed by atoms with Crippen LogP contribution in [0.15, 0.2) is 12.7 Å². The summed E-state index contributed by atoms with van der Waals surface area (Å²) in [5.74, 6) is -0.413. The van der Waals surface area contributed by atoms with Crippen LogP contribution in [0.2, 0.25) is 0 Å². The minimum absolute atomic E-state index is 0.238. The van der Waals surface area contributed by atoms with Crippen LogP contribution in [0.25, 0.3) is 0 Å². The van der Waals surface area contributed by atoms with E-state index in [0.29, 0.717) is 18.1 Å². The molecule has 1 heterocycles. The second-order valence-corrected chi connectivity index (χ2v) is 3.24. The van der Waals surface area contributed by atoms with Crippen LogP contribution in [0.5, 0.6) is 0 Å². The van der Waals surface area contributed by atoms with Crippen molar-refractivity contribution in [1.29, 1.82) is 0 Å². The summed E-state index contributed by atoms with van der Waals surface area (Å²) >= 11 is 0. The highest BCUT2D eigenvalue weighted by atomic mass is 16.4. The highest BCUT2D eigenvalue weighted by Crippen LogP contribution is 2.18. The Bertz CT molecular complexity index is 382. The second-order valence-electron chi connectivity index (χ2n) is 3.24. The van der Waals surface area contributed by atoms with Crippen LogP contribution in [-0.2, 0) is 7.05 Å². The lowest BCUT2D eigenvalue weighted by molar-refractivity contribution is 0.0697. The van der Waals surface area contributed by atoms with Gasteiger partial charge in [-0.3, -0.25) is 4.68 Å². The first-order valence-electron chi connectivity index (χ1n) is 4.69. The molecule has 0 aromatic carbocycles. The molecule has 0 fully saturated rings. The van der Waals surface area contributed by atoms with E-state index < -0.39 is 5.97 Å². The highest BCUT2D eigenvalue weighted by molar-refractivity contribution is 5.94. The van der Waals surface area contributed by atoms with Crippen molar-refractivity contribution in [2.45, 2.75) is 13.3 Å². The van der Waals surface area contributed by atoms with E-state index in [1.807, 2.05) is 0 Å². The fourth-order valence-electron chi connectivity index (χ4n) is 1.41. The van der Waals surface area contributed by atoms with Gasteiger partial charge in [0.1, 0.15) is 11.4 Å². The van der Waals surface area contributed by atoms with E-state index in [9.17, 15) is 4.79 Å². The van der Waals surface area contributed by atoms with Crippen LogP contribution in [0, 0.1) is 6.92 Å². The van der Waals surface area contributed by atoms with Gasteiger partial charge in [-0.25, -0.2) is 4.79 Å². The van der Waals surface area contributed by atoms with Gasteiger partial charge in [0, 0.05) is 13.6 Å². The van der Waals surface area contributed by atoms with E-state index in [0.717, 1.165) is 6.42 Å². The van der Waals surface area contributed by atoms with Crippen molar-refractivity contribution >= 4 is 11.8 Å². The molecule has 1 rings (SSSR count). The van der Waals surface area contributed by atoms with Gasteiger partial charge in [-0.05, 0) is 13.3 Å². The van der Waals surface area contributed by atoms with Crippen LogP contribution in [0.3, 0.4) is 0 Å². The van der Waals surface area contributed by atoms with E-state index in [1.165, 1.54) is 0 Å². The number of rotatable bonds is 5. The van der Waals surface area contributed by atoms with Crippen molar-refractivity contribution in [3.63, 3.8) is 0 Å². The SMILES string of the molecule is C=CCCNc1c(C(=O)O)c(C)nn1C. The van der Waals surface area contributed by atoms with Crippen LogP contribution in [-0.4, -0.2) is 27.4 Å². The van der Waals surface area contributed by atoms with Crippen molar-refractivity contribution in [3.05, 3.63) is 23.9 Å². The highest BCUT2D eigenvalue weighted by Gasteiger charge is 2.18. The molecule has 0 unspecified atom stereocenters. The first-order valence-corrected chi connectivity index (χ1v) is 4.69. The summed E-state index contributed by atoms with van der Waals surface area (Å²) in [6.07, 6.45) is 2.56. The molecule has 0 radical (unpaired) electrons. The molecule has 1 aromatic rings. The monoisotopic (exact) mass is 209 g/mol. The fourth-order valence-corrected chi connectivity index (χ4v) is 1.41. The number of aromatic carboxylic acids is 1. The van der Waals surface area contributed by atoms with Crippen LogP contribution in [0.4, 0.5) is 5.82 Å². The Morgan fingerprint density at radius 1 is 1.73 bits per heavy atom. The molecule has 2 N–H and O–H groups in total. The van der Waals surface area contributed by atoms with Crippen molar-refractivity contribution in [2.75, 3.05) is 11.9 Å². The first kappa shape index (κ1) is 11.3. The molecule has 1 aromatic heterocycles. The Labute approximate surface area is 88.4 Å². The molecular formula is C10H15N3O2. The molecule has 0 saturated heterocycles. The molecule has 0 aliphatic rings. The molecule has 0 aliphatic heterocycles. The van der Waals surface area contributed by atoms with Crippen LogP contribution < -0.4 is 5.32 Å². The third-order valence-corrected chi connectivity index (χ3v) is 2.08. The molecule has 82 valence electrons. The Hall–Kier alpha value is -1.78. The molecule has 15 heavy (non-hydrogen) atoms. The number of aryl methyl sites for hydroxylation is 2. The molecular weight excluding hydrogens is 194 g/mol. The summed E-state index contributed by atoms with van der Waals surface area (Å²) in [6, 6.07) is 0. The van der Waals surface area contributed by atoms with Gasteiger partial charge in [0.15, 0.2) is 0 Å². The largest absolute Gasteiger partial charge is 0.477 e. The average molecular weight is 209 g/mol. The summed E-state index contributed by atoms with van der Waals surface area (Å²) in [4.78, 5) is 11.0. The van der Waals surface area contributed by atoms with Gasteiger partial charge in [-0.1, -0.05) is 6.08 Å². The van der Waals surface area contributed by atoms with Gasteiger partial charge >= 0.3 is 5.97 Å². The first-order chi connectivity index (χ1) is 7.07. The summed E-state index contributed by atoms with van der Waals surface area (Å²) in [5.41, 5.74) is 0.757. The standard InChI is InChI=1S/C10H15N3O2/c1-4-5-6-11-9-8(10(14)15)7(2)12-13(9)3/h4,11H,1,5-6H2,2-3H3,(H,14,15). The second kappa shape index (κ2) is 4.63. The summed E-state index contributed by atoms with van der Waals surface area (Å²) in [6.45, 7) is 5.94. The summed E-state index contributed by atoms with van der Waals surface area (Å²) in [5, 5.41) is 16.1. The third-order valence-electron chi connectivity index (χ3n) is 2.08. The van der Waals surface area contributed by atoms with Crippen molar-refractivity contribution in [3.8, 4) is 0 Å². The molecule has 0 spiro atoms. The zero-order valence-corrected chi connectivity index (χ0v) is 8.95. The molecule has 0 atom stereocenters. The van der Waals surface area contributed by atoms with E-state index in [1.54, 1.807) is 24.7 Å². The molecule has 0 saturated carbocycles. The van der Waals surface area contributed by atoms with Crippen molar-refractivity contribution in [2.24, 2.45) is 7.05 Å². The van der Waals surface area contributed by atoms with E-state index >= 15 is 0 Å². The van der Waals surface area contributed by atoms with Crippen LogP contribution in [0.1, 0.15) is 22.5 Å². The molecule has 5 nitrogen and oxygen atoms in total. The van der Waals surface area contributed by atoms with Crippen molar-refractivity contribution < 1.29 is 9.90 Å². The number of carbonyl (C=O) groups is 1. The number of nitrogens with zero attached hydrogens (tertiary/aromatic N) is 2. The Morgan fingerprint density at radius 2 is 2.40 bits per heavy atom. The number of nitrogens with one attached hydrogen (secondary N) is 1. The molecule has 0 bridgehead atoms. The fraction of sp³-hybridized carbons (Fsp3) is 0.400. The normalized spacial score (nSPS) is 10.0. The van der Waals surface area contributed by atoms with Gasteiger partial charge in [-0.15, -0.1) is 6.58 Å². The lowest BCUT2D eigenvalue weighted by Gasteiger charge is -2.05. The lowest BCUT2D eigenvalue weighted by atomic mass is 10.2. The summed E-state index contributed by atoms with van der Waals surface area (Å²) in [7, 11) is 1.72.